The van der Waals surface area contributed by atoms with Crippen LogP contribution in [0.5, 0.6) is 0 Å². The van der Waals surface area contributed by atoms with Crippen molar-refractivity contribution in [3.63, 3.8) is 0 Å². The molecule has 1 aliphatic carbocycles. The zero-order chi connectivity index (χ0) is 13.2. The van der Waals surface area contributed by atoms with Crippen LogP contribution in [0.4, 0.5) is 0 Å². The molecule has 0 amide bonds. The van der Waals surface area contributed by atoms with Gasteiger partial charge in [0.1, 0.15) is 0 Å². The standard InChI is InChI=1S/C16H26N2/c1-12-7-6-10-18-14(12)11-15(17-4)13-8-5-9-16(13,2)3/h6-7,10,13,15,17H,5,8-9,11H2,1-4H3. The zero-order valence-electron chi connectivity index (χ0n) is 12.2. The molecule has 2 unspecified atom stereocenters. The van der Waals surface area contributed by atoms with Gasteiger partial charge in [-0.15, -0.1) is 0 Å². The quantitative estimate of drug-likeness (QED) is 0.881. The van der Waals surface area contributed by atoms with Gasteiger partial charge >= 0.3 is 0 Å². The summed E-state index contributed by atoms with van der Waals surface area (Å²) in [5, 5.41) is 3.54. The van der Waals surface area contributed by atoms with E-state index in [0.29, 0.717) is 11.5 Å². The van der Waals surface area contributed by atoms with Crippen molar-refractivity contribution in [3.05, 3.63) is 29.6 Å². The minimum absolute atomic E-state index is 0.469. The van der Waals surface area contributed by atoms with Crippen molar-refractivity contribution in [1.82, 2.24) is 10.3 Å². The third-order valence-corrected chi connectivity index (χ3v) is 4.73. The van der Waals surface area contributed by atoms with Gasteiger partial charge in [0.2, 0.25) is 0 Å². The summed E-state index contributed by atoms with van der Waals surface area (Å²) in [5.74, 6) is 0.768. The van der Waals surface area contributed by atoms with Crippen LogP contribution in [0.1, 0.15) is 44.4 Å². The Morgan fingerprint density at radius 3 is 2.83 bits per heavy atom. The van der Waals surface area contributed by atoms with Crippen molar-refractivity contribution in [2.75, 3.05) is 7.05 Å². The van der Waals surface area contributed by atoms with E-state index >= 15 is 0 Å². The highest BCUT2D eigenvalue weighted by molar-refractivity contribution is 5.19. The molecule has 1 fully saturated rings. The van der Waals surface area contributed by atoms with Crippen molar-refractivity contribution in [2.45, 2.75) is 52.5 Å². The molecular formula is C16H26N2. The molecule has 0 saturated heterocycles. The summed E-state index contributed by atoms with van der Waals surface area (Å²) in [5.41, 5.74) is 3.03. The molecule has 2 atom stereocenters. The predicted octanol–water partition coefficient (Wildman–Crippen LogP) is 3.35. The fourth-order valence-corrected chi connectivity index (χ4v) is 3.49. The number of nitrogens with one attached hydrogen (secondary N) is 1. The van der Waals surface area contributed by atoms with E-state index < -0.39 is 0 Å². The SMILES string of the molecule is CNC(Cc1ncccc1C)C1CCCC1(C)C. The summed E-state index contributed by atoms with van der Waals surface area (Å²) in [4.78, 5) is 4.55. The number of aryl methyl sites for hydroxylation is 1. The maximum absolute atomic E-state index is 4.55. The Morgan fingerprint density at radius 2 is 2.28 bits per heavy atom. The first-order valence-electron chi connectivity index (χ1n) is 7.12. The van der Waals surface area contributed by atoms with Crippen molar-refractivity contribution in [3.8, 4) is 0 Å². The Hall–Kier alpha value is -0.890. The van der Waals surface area contributed by atoms with Crippen molar-refractivity contribution < 1.29 is 0 Å². The molecule has 0 aliphatic heterocycles. The van der Waals surface area contributed by atoms with Gasteiger partial charge in [-0.25, -0.2) is 0 Å². The topological polar surface area (TPSA) is 24.9 Å². The van der Waals surface area contributed by atoms with Gasteiger partial charge in [0, 0.05) is 24.4 Å². The number of hydrogen-bond donors (Lipinski definition) is 1. The van der Waals surface area contributed by atoms with Gasteiger partial charge in [0.25, 0.3) is 0 Å². The highest BCUT2D eigenvalue weighted by Crippen LogP contribution is 2.44. The minimum atomic E-state index is 0.469. The highest BCUT2D eigenvalue weighted by Gasteiger charge is 2.39. The second-order valence-corrected chi connectivity index (χ2v) is 6.35. The number of pyridine rings is 1. The number of nitrogens with zero attached hydrogens (tertiary/aromatic N) is 1. The van der Waals surface area contributed by atoms with Crippen LogP contribution in [0, 0.1) is 18.3 Å². The molecule has 18 heavy (non-hydrogen) atoms. The van der Waals surface area contributed by atoms with Crippen LogP contribution in [0.25, 0.3) is 0 Å². The molecule has 1 aromatic heterocycles. The van der Waals surface area contributed by atoms with Crippen LogP contribution >= 0.6 is 0 Å². The van der Waals surface area contributed by atoms with Crippen LogP contribution in [0.2, 0.25) is 0 Å². The fourth-order valence-electron chi connectivity index (χ4n) is 3.49. The first kappa shape index (κ1) is 13.5. The van der Waals surface area contributed by atoms with Gasteiger partial charge < -0.3 is 5.32 Å². The lowest BCUT2D eigenvalue weighted by molar-refractivity contribution is 0.201. The van der Waals surface area contributed by atoms with Gasteiger partial charge in [0.05, 0.1) is 0 Å². The van der Waals surface area contributed by atoms with Gasteiger partial charge in [-0.3, -0.25) is 4.98 Å². The van der Waals surface area contributed by atoms with E-state index in [1.165, 1.54) is 30.5 Å². The molecule has 0 bridgehead atoms. The van der Waals surface area contributed by atoms with E-state index in [2.05, 4.69) is 44.2 Å². The second-order valence-electron chi connectivity index (χ2n) is 6.35. The average molecular weight is 246 g/mol. The Kier molecular flexibility index (Phi) is 4.06. The van der Waals surface area contributed by atoms with E-state index in [9.17, 15) is 0 Å². The van der Waals surface area contributed by atoms with Crippen LogP contribution in [0.3, 0.4) is 0 Å². The lowest BCUT2D eigenvalue weighted by atomic mass is 9.76. The van der Waals surface area contributed by atoms with E-state index in [0.717, 1.165) is 12.3 Å². The maximum atomic E-state index is 4.55. The van der Waals surface area contributed by atoms with Crippen LogP contribution in [0.15, 0.2) is 18.3 Å². The molecular weight excluding hydrogens is 220 g/mol. The maximum Gasteiger partial charge on any atom is 0.0448 e. The third-order valence-electron chi connectivity index (χ3n) is 4.73. The summed E-state index contributed by atoms with van der Waals surface area (Å²) in [6.45, 7) is 7.00. The van der Waals surface area contributed by atoms with E-state index in [-0.39, 0.29) is 0 Å². The summed E-state index contributed by atoms with van der Waals surface area (Å²) < 4.78 is 0. The molecule has 1 aliphatic rings. The summed E-state index contributed by atoms with van der Waals surface area (Å²) >= 11 is 0. The van der Waals surface area contributed by atoms with Crippen molar-refractivity contribution in [1.29, 1.82) is 0 Å². The van der Waals surface area contributed by atoms with E-state index in [1.54, 1.807) is 0 Å². The molecule has 2 heteroatoms. The molecule has 0 aromatic carbocycles. The first-order chi connectivity index (χ1) is 8.54. The number of hydrogen-bond acceptors (Lipinski definition) is 2. The Balaban J connectivity index is 2.13. The van der Waals surface area contributed by atoms with E-state index in [1.807, 2.05) is 12.3 Å². The highest BCUT2D eigenvalue weighted by atomic mass is 14.9. The van der Waals surface area contributed by atoms with Gasteiger partial charge in [0.15, 0.2) is 0 Å². The second kappa shape index (κ2) is 5.40. The van der Waals surface area contributed by atoms with E-state index in [4.69, 9.17) is 0 Å². The Labute approximate surface area is 111 Å². The summed E-state index contributed by atoms with van der Waals surface area (Å²) in [7, 11) is 2.09. The largest absolute Gasteiger partial charge is 0.316 e. The molecule has 2 nitrogen and oxygen atoms in total. The molecule has 1 heterocycles. The average Bonchev–Trinajstić information content (AvgIpc) is 2.68. The number of rotatable bonds is 4. The molecule has 0 radical (unpaired) electrons. The zero-order valence-corrected chi connectivity index (χ0v) is 12.2. The van der Waals surface area contributed by atoms with Gasteiger partial charge in [-0.05, 0) is 49.8 Å². The number of aromatic nitrogens is 1. The molecule has 2 rings (SSSR count). The molecule has 1 aromatic rings. The van der Waals surface area contributed by atoms with Crippen LogP contribution < -0.4 is 5.32 Å². The third kappa shape index (κ3) is 2.74. The monoisotopic (exact) mass is 246 g/mol. The molecule has 100 valence electrons. The lowest BCUT2D eigenvalue weighted by Gasteiger charge is -2.34. The molecule has 0 spiro atoms. The number of likely N-dealkylation sites (N-methyl/N-ethyl adjacent to an activating group) is 1. The normalized spacial score (nSPS) is 24.1. The smallest absolute Gasteiger partial charge is 0.0448 e. The Morgan fingerprint density at radius 1 is 1.50 bits per heavy atom. The van der Waals surface area contributed by atoms with Crippen LogP contribution in [-0.4, -0.2) is 18.1 Å². The summed E-state index contributed by atoms with van der Waals surface area (Å²) in [6, 6.07) is 4.73. The molecule has 1 N–H and O–H groups in total. The van der Waals surface area contributed by atoms with Gasteiger partial charge in [-0.1, -0.05) is 26.3 Å². The van der Waals surface area contributed by atoms with Gasteiger partial charge in [-0.2, -0.15) is 0 Å². The lowest BCUT2D eigenvalue weighted by Crippen LogP contribution is -2.40. The minimum Gasteiger partial charge on any atom is -0.316 e. The fraction of sp³-hybridized carbons (Fsp3) is 0.688. The molecule has 1 saturated carbocycles. The van der Waals surface area contributed by atoms with Crippen molar-refractivity contribution >= 4 is 0 Å². The summed E-state index contributed by atoms with van der Waals surface area (Å²) in [6.07, 6.45) is 7.05. The first-order valence-corrected chi connectivity index (χ1v) is 7.12. The van der Waals surface area contributed by atoms with Crippen molar-refractivity contribution in [2.24, 2.45) is 11.3 Å². The predicted molar refractivity (Wildman–Crippen MR) is 76.6 cm³/mol. The van der Waals surface area contributed by atoms with Crippen LogP contribution in [-0.2, 0) is 6.42 Å². The Bertz CT molecular complexity index is 398.